The number of hydrogen-bond donors (Lipinski definition) is 1. The van der Waals surface area contributed by atoms with Crippen molar-refractivity contribution in [2.75, 3.05) is 19.4 Å². The summed E-state index contributed by atoms with van der Waals surface area (Å²) in [6.45, 7) is 3.54. The summed E-state index contributed by atoms with van der Waals surface area (Å²) in [5.41, 5.74) is 2.30. The van der Waals surface area contributed by atoms with Gasteiger partial charge in [0.2, 0.25) is 10.0 Å². The maximum absolute atomic E-state index is 12.5. The molecule has 5 nitrogen and oxygen atoms in total. The topological polar surface area (TPSA) is 66.5 Å². The van der Waals surface area contributed by atoms with Crippen molar-refractivity contribution in [3.8, 4) is 0 Å². The highest BCUT2D eigenvalue weighted by Crippen LogP contribution is 2.23. The summed E-state index contributed by atoms with van der Waals surface area (Å²) in [6, 6.07) is 9.80. The lowest BCUT2D eigenvalue weighted by molar-refractivity contribution is 0.102. The molecule has 128 valence electrons. The minimum atomic E-state index is -3.62. The second-order valence-electron chi connectivity index (χ2n) is 5.68. The van der Waals surface area contributed by atoms with Gasteiger partial charge in [-0.2, -0.15) is 0 Å². The van der Waals surface area contributed by atoms with Crippen molar-refractivity contribution in [1.29, 1.82) is 0 Å². The van der Waals surface area contributed by atoms with Gasteiger partial charge in [0.1, 0.15) is 0 Å². The van der Waals surface area contributed by atoms with Gasteiger partial charge in [0.05, 0.1) is 4.90 Å². The minimum absolute atomic E-state index is 0.114. The second kappa shape index (κ2) is 6.93. The van der Waals surface area contributed by atoms with Crippen molar-refractivity contribution in [2.24, 2.45) is 0 Å². The first-order chi connectivity index (χ1) is 11.1. The van der Waals surface area contributed by atoms with Gasteiger partial charge in [0.15, 0.2) is 0 Å². The Bertz CT molecular complexity index is 893. The second-order valence-corrected chi connectivity index (χ2v) is 8.24. The SMILES string of the molecule is Cc1ccc(Cl)cc1NC(=O)c1ccc(C)c(S(=O)(=O)N(C)C)c1. The van der Waals surface area contributed by atoms with Crippen LogP contribution in [0.25, 0.3) is 0 Å². The third-order valence-electron chi connectivity index (χ3n) is 3.66. The van der Waals surface area contributed by atoms with E-state index in [1.54, 1.807) is 37.3 Å². The number of hydrogen-bond acceptors (Lipinski definition) is 3. The van der Waals surface area contributed by atoms with Crippen molar-refractivity contribution < 1.29 is 13.2 Å². The standard InChI is InChI=1S/C17H19ClN2O3S/c1-11-6-8-14(18)10-15(11)19-17(21)13-7-5-12(2)16(9-13)24(22,23)20(3)4/h5-10H,1-4H3,(H,19,21). The van der Waals surface area contributed by atoms with Gasteiger partial charge in [-0.05, 0) is 49.2 Å². The Balaban J connectivity index is 2.39. The molecule has 24 heavy (non-hydrogen) atoms. The van der Waals surface area contributed by atoms with E-state index in [2.05, 4.69) is 5.32 Å². The molecule has 0 bridgehead atoms. The zero-order valence-electron chi connectivity index (χ0n) is 13.9. The lowest BCUT2D eigenvalue weighted by atomic mass is 10.1. The average Bonchev–Trinajstić information content (AvgIpc) is 2.50. The van der Waals surface area contributed by atoms with Gasteiger partial charge < -0.3 is 5.32 Å². The van der Waals surface area contributed by atoms with Crippen LogP contribution in [0.1, 0.15) is 21.5 Å². The predicted molar refractivity (Wildman–Crippen MR) is 96.2 cm³/mol. The Kier molecular flexibility index (Phi) is 5.32. The van der Waals surface area contributed by atoms with Gasteiger partial charge in [0.25, 0.3) is 5.91 Å². The van der Waals surface area contributed by atoms with Gasteiger partial charge in [-0.3, -0.25) is 4.79 Å². The first-order valence-electron chi connectivity index (χ1n) is 7.23. The smallest absolute Gasteiger partial charge is 0.255 e. The van der Waals surface area contributed by atoms with Crippen LogP contribution in [-0.4, -0.2) is 32.7 Å². The molecule has 2 rings (SSSR count). The normalized spacial score (nSPS) is 11.6. The molecule has 0 radical (unpaired) electrons. The zero-order valence-corrected chi connectivity index (χ0v) is 15.5. The molecule has 1 N–H and O–H groups in total. The van der Waals surface area contributed by atoms with Crippen molar-refractivity contribution in [2.45, 2.75) is 18.7 Å². The Morgan fingerprint density at radius 1 is 1.04 bits per heavy atom. The van der Waals surface area contributed by atoms with Gasteiger partial charge in [0, 0.05) is 30.4 Å². The van der Waals surface area contributed by atoms with E-state index >= 15 is 0 Å². The summed E-state index contributed by atoms with van der Waals surface area (Å²) >= 11 is 5.95. The molecule has 0 saturated heterocycles. The highest BCUT2D eigenvalue weighted by molar-refractivity contribution is 7.89. The van der Waals surface area contributed by atoms with Gasteiger partial charge in [-0.25, -0.2) is 12.7 Å². The van der Waals surface area contributed by atoms with Crippen LogP contribution in [0.5, 0.6) is 0 Å². The molecule has 0 aromatic heterocycles. The molecule has 0 spiro atoms. The van der Waals surface area contributed by atoms with Gasteiger partial charge >= 0.3 is 0 Å². The van der Waals surface area contributed by atoms with E-state index < -0.39 is 15.9 Å². The summed E-state index contributed by atoms with van der Waals surface area (Å²) in [7, 11) is -0.709. The Hall–Kier alpha value is -1.89. The Morgan fingerprint density at radius 3 is 2.29 bits per heavy atom. The average molecular weight is 367 g/mol. The van der Waals surface area contributed by atoms with Crippen LogP contribution in [0.3, 0.4) is 0 Å². The fraction of sp³-hybridized carbons (Fsp3) is 0.235. The number of sulfonamides is 1. The van der Waals surface area contributed by atoms with Crippen molar-refractivity contribution in [3.05, 3.63) is 58.1 Å². The van der Waals surface area contributed by atoms with Crippen LogP contribution in [-0.2, 0) is 10.0 Å². The quantitative estimate of drug-likeness (QED) is 0.901. The number of aryl methyl sites for hydroxylation is 2. The molecule has 0 atom stereocenters. The molecule has 0 fully saturated rings. The molecule has 1 amide bonds. The third kappa shape index (κ3) is 3.77. The molecule has 0 aliphatic carbocycles. The highest BCUT2D eigenvalue weighted by atomic mass is 35.5. The van der Waals surface area contributed by atoms with Gasteiger partial charge in [-0.1, -0.05) is 23.7 Å². The molecule has 0 saturated carbocycles. The summed E-state index contributed by atoms with van der Waals surface area (Å²) in [5.74, 6) is -0.393. The van der Waals surface area contributed by atoms with E-state index in [0.29, 0.717) is 16.3 Å². The first-order valence-corrected chi connectivity index (χ1v) is 9.05. The van der Waals surface area contributed by atoms with Crippen molar-refractivity contribution in [1.82, 2.24) is 4.31 Å². The number of nitrogens with zero attached hydrogens (tertiary/aromatic N) is 1. The lowest BCUT2D eigenvalue weighted by Crippen LogP contribution is -2.23. The highest BCUT2D eigenvalue weighted by Gasteiger charge is 2.21. The molecular weight excluding hydrogens is 348 g/mol. The van der Waals surface area contributed by atoms with Crippen molar-refractivity contribution >= 4 is 33.2 Å². The Morgan fingerprint density at radius 2 is 1.67 bits per heavy atom. The number of nitrogens with one attached hydrogen (secondary N) is 1. The summed E-state index contributed by atoms with van der Waals surface area (Å²) in [4.78, 5) is 12.6. The number of halogens is 1. The monoisotopic (exact) mass is 366 g/mol. The fourth-order valence-corrected chi connectivity index (χ4v) is 3.46. The molecule has 0 heterocycles. The van der Waals surface area contributed by atoms with E-state index in [1.165, 1.54) is 20.2 Å². The fourth-order valence-electron chi connectivity index (χ4n) is 2.14. The third-order valence-corrected chi connectivity index (χ3v) is 5.85. The van der Waals surface area contributed by atoms with Crippen molar-refractivity contribution in [3.63, 3.8) is 0 Å². The van der Waals surface area contributed by atoms with E-state index in [0.717, 1.165) is 9.87 Å². The molecular formula is C17H19ClN2O3S. The molecule has 0 unspecified atom stereocenters. The van der Waals surface area contributed by atoms with Crippen LogP contribution in [0, 0.1) is 13.8 Å². The maximum atomic E-state index is 12.5. The summed E-state index contributed by atoms with van der Waals surface area (Å²) in [5, 5.41) is 3.27. The molecule has 0 aliphatic rings. The van der Waals surface area contributed by atoms with E-state index in [1.807, 2.05) is 6.92 Å². The number of carbonyl (C=O) groups excluding carboxylic acids is 1. The van der Waals surface area contributed by atoms with E-state index in [-0.39, 0.29) is 10.5 Å². The predicted octanol–water partition coefficient (Wildman–Crippen LogP) is 3.46. The largest absolute Gasteiger partial charge is 0.322 e. The molecule has 2 aromatic rings. The van der Waals surface area contributed by atoms with Crippen LogP contribution < -0.4 is 5.32 Å². The van der Waals surface area contributed by atoms with Crippen LogP contribution in [0.15, 0.2) is 41.3 Å². The van der Waals surface area contributed by atoms with E-state index in [4.69, 9.17) is 11.6 Å². The summed E-state index contributed by atoms with van der Waals surface area (Å²) < 4.78 is 25.8. The summed E-state index contributed by atoms with van der Waals surface area (Å²) in [6.07, 6.45) is 0. The maximum Gasteiger partial charge on any atom is 0.255 e. The number of anilines is 1. The molecule has 0 aliphatic heterocycles. The Labute approximate surface area is 147 Å². The number of rotatable bonds is 4. The lowest BCUT2D eigenvalue weighted by Gasteiger charge is -2.15. The van der Waals surface area contributed by atoms with Crippen LogP contribution in [0.2, 0.25) is 5.02 Å². The number of carbonyl (C=O) groups is 1. The number of amides is 1. The van der Waals surface area contributed by atoms with Crippen LogP contribution >= 0.6 is 11.6 Å². The van der Waals surface area contributed by atoms with Gasteiger partial charge in [-0.15, -0.1) is 0 Å². The molecule has 2 aromatic carbocycles. The van der Waals surface area contributed by atoms with E-state index in [9.17, 15) is 13.2 Å². The van der Waals surface area contributed by atoms with Crippen LogP contribution in [0.4, 0.5) is 5.69 Å². The first kappa shape index (κ1) is 18.4. The zero-order chi connectivity index (χ0) is 18.1. The minimum Gasteiger partial charge on any atom is -0.322 e. The molecule has 7 heteroatoms. The number of benzene rings is 2.